The largest absolute Gasteiger partial charge is 0.325 e. The Kier molecular flexibility index (Phi) is 2.16. The minimum absolute atomic E-state index is 0.337. The van der Waals surface area contributed by atoms with E-state index in [-0.39, 0.29) is 5.91 Å². The lowest BCUT2D eigenvalue weighted by Gasteiger charge is -2.07. The van der Waals surface area contributed by atoms with E-state index in [4.69, 9.17) is 5.26 Å². The van der Waals surface area contributed by atoms with Gasteiger partial charge in [-0.25, -0.2) is 4.39 Å². The van der Waals surface area contributed by atoms with Crippen molar-refractivity contribution < 1.29 is 9.18 Å². The number of nitriles is 1. The number of halogens is 1. The van der Waals surface area contributed by atoms with Crippen LogP contribution in [0, 0.1) is 22.6 Å². The van der Waals surface area contributed by atoms with Crippen LogP contribution in [0.2, 0.25) is 0 Å². The second kappa shape index (κ2) is 3.35. The lowest BCUT2D eigenvalue weighted by molar-refractivity contribution is -0.119. The highest BCUT2D eigenvalue weighted by atomic mass is 19.1. The van der Waals surface area contributed by atoms with Crippen molar-refractivity contribution in [1.82, 2.24) is 0 Å². The van der Waals surface area contributed by atoms with E-state index >= 15 is 0 Å². The number of hydrogen-bond acceptors (Lipinski definition) is 2. The Balaban J connectivity index is 2.10. The summed E-state index contributed by atoms with van der Waals surface area (Å²) < 4.78 is 12.8. The number of anilines is 1. The summed E-state index contributed by atoms with van der Waals surface area (Å²) in [4.78, 5) is 11.6. The van der Waals surface area contributed by atoms with Crippen molar-refractivity contribution in [3.63, 3.8) is 0 Å². The van der Waals surface area contributed by atoms with Gasteiger partial charge in [0, 0.05) is 5.69 Å². The van der Waals surface area contributed by atoms with Crippen LogP contribution < -0.4 is 5.32 Å². The quantitative estimate of drug-likeness (QED) is 0.801. The van der Waals surface area contributed by atoms with Gasteiger partial charge in [-0.2, -0.15) is 5.26 Å². The highest BCUT2D eigenvalue weighted by Crippen LogP contribution is 2.45. The molecule has 1 aliphatic rings. The molecule has 0 saturated heterocycles. The van der Waals surface area contributed by atoms with E-state index in [0.717, 1.165) is 0 Å². The minimum Gasteiger partial charge on any atom is -0.325 e. The first-order valence-corrected chi connectivity index (χ1v) is 4.65. The van der Waals surface area contributed by atoms with Gasteiger partial charge in [0.1, 0.15) is 11.2 Å². The van der Waals surface area contributed by atoms with Crippen LogP contribution in [0.1, 0.15) is 12.8 Å². The Morgan fingerprint density at radius 3 is 2.80 bits per heavy atom. The van der Waals surface area contributed by atoms with Crippen LogP contribution >= 0.6 is 0 Å². The summed E-state index contributed by atoms with van der Waals surface area (Å²) in [6.07, 6.45) is 1.18. The van der Waals surface area contributed by atoms with Crippen molar-refractivity contribution in [2.75, 3.05) is 5.32 Å². The Morgan fingerprint density at radius 2 is 2.27 bits per heavy atom. The predicted molar refractivity (Wildman–Crippen MR) is 52.3 cm³/mol. The van der Waals surface area contributed by atoms with Crippen LogP contribution in [-0.4, -0.2) is 5.91 Å². The average Bonchev–Trinajstić information content (AvgIpc) is 2.98. The van der Waals surface area contributed by atoms with Crippen molar-refractivity contribution >= 4 is 11.6 Å². The second-order valence-corrected chi connectivity index (χ2v) is 3.66. The second-order valence-electron chi connectivity index (χ2n) is 3.66. The van der Waals surface area contributed by atoms with E-state index in [2.05, 4.69) is 5.32 Å². The molecule has 1 amide bonds. The molecule has 4 heteroatoms. The SMILES string of the molecule is N#CC1(C(=O)Nc2cccc(F)c2)CC1. The fourth-order valence-electron chi connectivity index (χ4n) is 1.33. The fourth-order valence-corrected chi connectivity index (χ4v) is 1.33. The average molecular weight is 204 g/mol. The Morgan fingerprint density at radius 1 is 1.53 bits per heavy atom. The maximum Gasteiger partial charge on any atom is 0.244 e. The van der Waals surface area contributed by atoms with Crippen LogP contribution in [0.4, 0.5) is 10.1 Å². The molecule has 1 saturated carbocycles. The van der Waals surface area contributed by atoms with E-state index in [1.165, 1.54) is 18.2 Å². The molecule has 0 aliphatic heterocycles. The number of carbonyl (C=O) groups is 1. The summed E-state index contributed by atoms with van der Waals surface area (Å²) in [5, 5.41) is 11.3. The van der Waals surface area contributed by atoms with Crippen molar-refractivity contribution in [1.29, 1.82) is 5.26 Å². The van der Waals surface area contributed by atoms with Gasteiger partial charge in [-0.1, -0.05) is 6.07 Å². The number of hydrogen-bond donors (Lipinski definition) is 1. The molecule has 2 rings (SSSR count). The number of nitrogens with one attached hydrogen (secondary N) is 1. The summed E-state index contributed by atoms with van der Waals surface area (Å²) in [5.41, 5.74) is -0.478. The minimum atomic E-state index is -0.869. The van der Waals surface area contributed by atoms with Crippen LogP contribution in [0.25, 0.3) is 0 Å². The third-order valence-electron chi connectivity index (χ3n) is 2.48. The molecule has 76 valence electrons. The zero-order valence-corrected chi connectivity index (χ0v) is 7.96. The van der Waals surface area contributed by atoms with Gasteiger partial charge in [0.15, 0.2) is 0 Å². The maximum absolute atomic E-state index is 12.8. The molecular weight excluding hydrogens is 195 g/mol. The summed E-state index contributed by atoms with van der Waals surface area (Å²) >= 11 is 0. The van der Waals surface area contributed by atoms with Crippen molar-refractivity contribution in [3.05, 3.63) is 30.1 Å². The molecule has 0 unspecified atom stereocenters. The molecule has 0 radical (unpaired) electrons. The molecule has 1 aromatic rings. The Hall–Kier alpha value is -1.89. The van der Waals surface area contributed by atoms with E-state index in [1.807, 2.05) is 6.07 Å². The summed E-state index contributed by atoms with van der Waals surface area (Å²) in [6.45, 7) is 0. The van der Waals surface area contributed by atoms with E-state index in [9.17, 15) is 9.18 Å². The fraction of sp³-hybridized carbons (Fsp3) is 0.273. The van der Waals surface area contributed by atoms with Crippen molar-refractivity contribution in [2.24, 2.45) is 5.41 Å². The molecule has 0 heterocycles. The van der Waals surface area contributed by atoms with Crippen molar-refractivity contribution in [2.45, 2.75) is 12.8 Å². The lowest BCUT2D eigenvalue weighted by Crippen LogP contribution is -2.22. The van der Waals surface area contributed by atoms with Crippen LogP contribution in [-0.2, 0) is 4.79 Å². The molecule has 1 N–H and O–H groups in total. The van der Waals surface area contributed by atoms with E-state index in [1.54, 1.807) is 6.07 Å². The highest BCUT2D eigenvalue weighted by Gasteiger charge is 2.50. The van der Waals surface area contributed by atoms with Gasteiger partial charge >= 0.3 is 0 Å². The first-order valence-electron chi connectivity index (χ1n) is 4.65. The summed E-state index contributed by atoms with van der Waals surface area (Å²) in [5.74, 6) is -0.745. The normalized spacial score (nSPS) is 16.5. The van der Waals surface area contributed by atoms with Gasteiger partial charge in [0.2, 0.25) is 5.91 Å². The first-order chi connectivity index (χ1) is 7.16. The molecule has 0 spiro atoms. The van der Waals surface area contributed by atoms with Gasteiger partial charge in [-0.3, -0.25) is 4.79 Å². The predicted octanol–water partition coefficient (Wildman–Crippen LogP) is 2.07. The van der Waals surface area contributed by atoms with Gasteiger partial charge in [-0.05, 0) is 31.0 Å². The molecule has 1 aliphatic carbocycles. The zero-order chi connectivity index (χ0) is 10.9. The summed E-state index contributed by atoms with van der Waals surface area (Å²) in [7, 11) is 0. The molecule has 3 nitrogen and oxygen atoms in total. The van der Waals surface area contributed by atoms with Crippen LogP contribution in [0.15, 0.2) is 24.3 Å². The monoisotopic (exact) mass is 204 g/mol. The molecular formula is C11H9FN2O. The van der Waals surface area contributed by atoms with Gasteiger partial charge in [0.25, 0.3) is 0 Å². The van der Waals surface area contributed by atoms with Gasteiger partial charge in [0.05, 0.1) is 6.07 Å². The molecule has 15 heavy (non-hydrogen) atoms. The van der Waals surface area contributed by atoms with Crippen LogP contribution in [0.5, 0.6) is 0 Å². The van der Waals surface area contributed by atoms with E-state index < -0.39 is 11.2 Å². The number of rotatable bonds is 2. The maximum atomic E-state index is 12.8. The third-order valence-corrected chi connectivity index (χ3v) is 2.48. The molecule has 0 aromatic heterocycles. The van der Waals surface area contributed by atoms with Gasteiger partial charge in [-0.15, -0.1) is 0 Å². The highest BCUT2D eigenvalue weighted by molar-refractivity contribution is 5.99. The molecule has 1 fully saturated rings. The molecule has 0 bridgehead atoms. The lowest BCUT2D eigenvalue weighted by atomic mass is 10.1. The van der Waals surface area contributed by atoms with Crippen molar-refractivity contribution in [3.8, 4) is 6.07 Å². The standard InChI is InChI=1S/C11H9FN2O/c12-8-2-1-3-9(6-8)14-10(15)11(7-13)4-5-11/h1-3,6H,4-5H2,(H,14,15). The first kappa shape index (κ1) is 9.66. The molecule has 1 aromatic carbocycles. The Bertz CT molecular complexity index is 446. The number of benzene rings is 1. The molecule has 0 atom stereocenters. The third kappa shape index (κ3) is 1.82. The number of amides is 1. The summed E-state index contributed by atoms with van der Waals surface area (Å²) in [6, 6.07) is 7.61. The number of nitrogens with zero attached hydrogens (tertiary/aromatic N) is 1. The smallest absolute Gasteiger partial charge is 0.244 e. The van der Waals surface area contributed by atoms with Gasteiger partial charge < -0.3 is 5.32 Å². The van der Waals surface area contributed by atoms with E-state index in [0.29, 0.717) is 18.5 Å². The topological polar surface area (TPSA) is 52.9 Å². The zero-order valence-electron chi connectivity index (χ0n) is 7.96. The Labute approximate surface area is 86.5 Å². The van der Waals surface area contributed by atoms with Crippen LogP contribution in [0.3, 0.4) is 0 Å². The number of carbonyl (C=O) groups excluding carboxylic acids is 1.